The average molecular weight is 576 g/mol. The van der Waals surface area contributed by atoms with E-state index in [0.29, 0.717) is 41.3 Å². The predicted octanol–water partition coefficient (Wildman–Crippen LogP) is 4.82. The zero-order valence-corrected chi connectivity index (χ0v) is 23.7. The van der Waals surface area contributed by atoms with Crippen molar-refractivity contribution < 1.29 is 9.59 Å². The maximum absolute atomic E-state index is 13.4. The van der Waals surface area contributed by atoms with Gasteiger partial charge in [0.25, 0.3) is 5.91 Å². The molecule has 36 heavy (non-hydrogen) atoms. The summed E-state index contributed by atoms with van der Waals surface area (Å²) < 4.78 is 0. The minimum atomic E-state index is -0.291. The predicted molar refractivity (Wildman–Crippen MR) is 151 cm³/mol. The van der Waals surface area contributed by atoms with Crippen LogP contribution in [0.4, 0.5) is 0 Å². The smallest absolute Gasteiger partial charge is 0.254 e. The van der Waals surface area contributed by atoms with Crippen LogP contribution >= 0.6 is 48.0 Å². The average Bonchev–Trinajstić information content (AvgIpc) is 2.83. The number of carbonyl (C=O) groups is 2. The molecular formula is C26H34Cl4N4O2. The molecule has 0 radical (unpaired) electrons. The summed E-state index contributed by atoms with van der Waals surface area (Å²) in [6.07, 6.45) is 2.03. The second-order valence-electron chi connectivity index (χ2n) is 9.31. The number of piperidine rings is 1. The van der Waals surface area contributed by atoms with E-state index in [0.717, 1.165) is 42.6 Å². The molecule has 0 unspecified atom stereocenters. The van der Waals surface area contributed by atoms with E-state index in [1.165, 1.54) is 0 Å². The fourth-order valence-electron chi connectivity index (χ4n) is 4.91. The van der Waals surface area contributed by atoms with E-state index in [9.17, 15) is 9.59 Å². The first-order valence-corrected chi connectivity index (χ1v) is 12.6. The Morgan fingerprint density at radius 1 is 0.972 bits per heavy atom. The molecule has 0 bridgehead atoms. The van der Waals surface area contributed by atoms with Gasteiger partial charge in [-0.25, -0.2) is 0 Å². The van der Waals surface area contributed by atoms with E-state index in [4.69, 9.17) is 23.2 Å². The normalized spacial score (nSPS) is 18.3. The Hall–Kier alpha value is -1.54. The molecule has 2 aromatic carbocycles. The van der Waals surface area contributed by atoms with Crippen LogP contribution in [0.2, 0.25) is 10.0 Å². The Balaban J connectivity index is 0.00000228. The summed E-state index contributed by atoms with van der Waals surface area (Å²) in [6.45, 7) is 7.57. The highest BCUT2D eigenvalue weighted by Gasteiger charge is 2.34. The Labute approximate surface area is 235 Å². The molecule has 1 atom stereocenters. The molecule has 2 N–H and O–H groups in total. The van der Waals surface area contributed by atoms with Gasteiger partial charge in [-0.1, -0.05) is 46.5 Å². The van der Waals surface area contributed by atoms with Crippen LogP contribution in [0, 0.1) is 13.8 Å². The van der Waals surface area contributed by atoms with E-state index in [1.54, 1.807) is 12.1 Å². The van der Waals surface area contributed by atoms with Crippen molar-refractivity contribution in [2.45, 2.75) is 38.8 Å². The molecule has 4 rings (SSSR count). The molecule has 198 valence electrons. The molecule has 2 aromatic rings. The van der Waals surface area contributed by atoms with Crippen LogP contribution in [-0.4, -0.2) is 66.9 Å². The summed E-state index contributed by atoms with van der Waals surface area (Å²) in [7, 11) is 0. The van der Waals surface area contributed by atoms with Gasteiger partial charge in [0.2, 0.25) is 5.91 Å². The van der Waals surface area contributed by atoms with Crippen LogP contribution in [0.3, 0.4) is 0 Å². The number of rotatable bonds is 5. The van der Waals surface area contributed by atoms with E-state index in [1.807, 2.05) is 41.8 Å². The third-order valence-corrected chi connectivity index (χ3v) is 7.41. The minimum Gasteiger partial charge on any atom is -0.334 e. The molecule has 0 aliphatic carbocycles. The zero-order chi connectivity index (χ0) is 24.2. The van der Waals surface area contributed by atoms with E-state index < -0.39 is 0 Å². The lowest BCUT2D eigenvalue weighted by molar-refractivity contribution is -0.135. The van der Waals surface area contributed by atoms with Gasteiger partial charge in [0, 0.05) is 31.2 Å². The van der Waals surface area contributed by atoms with E-state index in [-0.39, 0.29) is 49.2 Å². The van der Waals surface area contributed by atoms with Crippen molar-refractivity contribution in [3.8, 4) is 0 Å². The van der Waals surface area contributed by atoms with Crippen LogP contribution in [0.15, 0.2) is 36.4 Å². The molecular weight excluding hydrogens is 542 g/mol. The number of nitrogens with one attached hydrogen (secondary N) is 2. The molecule has 2 aliphatic heterocycles. The Bertz CT molecular complexity index is 1040. The Kier molecular flexibility index (Phi) is 11.8. The third-order valence-electron chi connectivity index (χ3n) is 6.67. The van der Waals surface area contributed by atoms with Gasteiger partial charge in [0.05, 0.1) is 22.6 Å². The number of piperazine rings is 1. The second-order valence-corrected chi connectivity index (χ2v) is 10.1. The van der Waals surface area contributed by atoms with Crippen molar-refractivity contribution in [3.63, 3.8) is 0 Å². The van der Waals surface area contributed by atoms with Gasteiger partial charge in [-0.05, 0) is 69.6 Å². The van der Waals surface area contributed by atoms with Gasteiger partial charge in [-0.2, -0.15) is 0 Å². The minimum absolute atomic E-state index is 0. The molecule has 2 amide bonds. The number of benzene rings is 2. The molecule has 2 aliphatic rings. The van der Waals surface area contributed by atoms with E-state index >= 15 is 0 Å². The number of hydrogen-bond acceptors (Lipinski definition) is 4. The van der Waals surface area contributed by atoms with E-state index in [2.05, 4.69) is 16.7 Å². The molecule has 2 heterocycles. The van der Waals surface area contributed by atoms with Crippen LogP contribution in [0.1, 0.15) is 45.9 Å². The monoisotopic (exact) mass is 574 g/mol. The molecule has 2 fully saturated rings. The maximum atomic E-state index is 13.4. The van der Waals surface area contributed by atoms with Crippen molar-refractivity contribution in [1.82, 2.24) is 20.4 Å². The highest BCUT2D eigenvalue weighted by Crippen LogP contribution is 2.31. The SMILES string of the molecule is Cc1cc(C)cc(C(=O)N2CCN(C(=O)CNC3CCNCC3)[C@H](c3ccc(Cl)c(Cl)c3)C2)c1.Cl.Cl. The summed E-state index contributed by atoms with van der Waals surface area (Å²) in [6, 6.07) is 11.4. The molecule has 2 saturated heterocycles. The number of amides is 2. The van der Waals surface area contributed by atoms with Gasteiger partial charge in [0.15, 0.2) is 0 Å². The fourth-order valence-corrected chi connectivity index (χ4v) is 5.22. The molecule has 0 saturated carbocycles. The lowest BCUT2D eigenvalue weighted by Crippen LogP contribution is -2.54. The zero-order valence-electron chi connectivity index (χ0n) is 20.6. The lowest BCUT2D eigenvalue weighted by atomic mass is 10.0. The number of hydrogen-bond donors (Lipinski definition) is 2. The van der Waals surface area contributed by atoms with Crippen LogP contribution in [-0.2, 0) is 4.79 Å². The standard InChI is InChI=1S/C26H32Cl2N4O2.2ClH/c1-17-11-18(2)13-20(12-17)26(34)31-9-10-32(25(33)15-30-21-5-7-29-8-6-21)24(16-31)19-3-4-22(27)23(28)14-19;;/h3-4,11-14,21,24,29-30H,5-10,15-16H2,1-2H3;2*1H/t24-;;/m0../s1. The largest absolute Gasteiger partial charge is 0.334 e. The fraction of sp³-hybridized carbons (Fsp3) is 0.462. The van der Waals surface area contributed by atoms with Crippen molar-refractivity contribution in [1.29, 1.82) is 0 Å². The maximum Gasteiger partial charge on any atom is 0.254 e. The highest BCUT2D eigenvalue weighted by atomic mass is 35.5. The number of nitrogens with zero attached hydrogens (tertiary/aromatic N) is 2. The summed E-state index contributed by atoms with van der Waals surface area (Å²) >= 11 is 12.5. The summed E-state index contributed by atoms with van der Waals surface area (Å²) in [5.74, 6) is 0.0184. The van der Waals surface area contributed by atoms with Gasteiger partial charge in [-0.15, -0.1) is 24.8 Å². The summed E-state index contributed by atoms with van der Waals surface area (Å²) in [5.41, 5.74) is 3.67. The number of aryl methyl sites for hydroxylation is 2. The molecule has 10 heteroatoms. The van der Waals surface area contributed by atoms with Gasteiger partial charge < -0.3 is 20.4 Å². The molecule has 0 aromatic heterocycles. The Morgan fingerprint density at radius 3 is 2.28 bits per heavy atom. The highest BCUT2D eigenvalue weighted by molar-refractivity contribution is 6.42. The summed E-state index contributed by atoms with van der Waals surface area (Å²) in [5, 5.41) is 7.68. The first-order chi connectivity index (χ1) is 16.3. The van der Waals surface area contributed by atoms with Crippen molar-refractivity contribution in [2.24, 2.45) is 0 Å². The third kappa shape index (κ3) is 7.50. The first-order valence-electron chi connectivity index (χ1n) is 11.9. The quantitative estimate of drug-likeness (QED) is 0.536. The van der Waals surface area contributed by atoms with Gasteiger partial charge in [0.1, 0.15) is 0 Å². The van der Waals surface area contributed by atoms with Crippen LogP contribution in [0.5, 0.6) is 0 Å². The number of halogens is 4. The van der Waals surface area contributed by atoms with Gasteiger partial charge in [-0.3, -0.25) is 9.59 Å². The number of carbonyl (C=O) groups excluding carboxylic acids is 2. The van der Waals surface area contributed by atoms with Crippen molar-refractivity contribution in [2.75, 3.05) is 39.3 Å². The molecule has 6 nitrogen and oxygen atoms in total. The van der Waals surface area contributed by atoms with Crippen LogP contribution in [0.25, 0.3) is 0 Å². The van der Waals surface area contributed by atoms with Crippen molar-refractivity contribution >= 4 is 59.8 Å². The second kappa shape index (κ2) is 13.8. The summed E-state index contributed by atoms with van der Waals surface area (Å²) in [4.78, 5) is 30.4. The van der Waals surface area contributed by atoms with Crippen LogP contribution < -0.4 is 10.6 Å². The van der Waals surface area contributed by atoms with Gasteiger partial charge >= 0.3 is 0 Å². The first kappa shape index (κ1) is 30.7. The Morgan fingerprint density at radius 2 is 1.64 bits per heavy atom. The topological polar surface area (TPSA) is 64.7 Å². The van der Waals surface area contributed by atoms with Crippen molar-refractivity contribution in [3.05, 3.63) is 68.7 Å². The lowest BCUT2D eigenvalue weighted by Gasteiger charge is -2.42. The molecule has 0 spiro atoms.